The fourth-order valence-corrected chi connectivity index (χ4v) is 5.67. The van der Waals surface area contributed by atoms with Crippen molar-refractivity contribution in [3.05, 3.63) is 89.5 Å². The summed E-state index contributed by atoms with van der Waals surface area (Å²) in [6.07, 6.45) is -5.95. The van der Waals surface area contributed by atoms with Gasteiger partial charge < -0.3 is 20.6 Å². The fraction of sp³-hybridized carbons (Fsp3) is 0.321. The summed E-state index contributed by atoms with van der Waals surface area (Å²) in [5.74, 6) is -1.82. The number of nitrogens with zero attached hydrogens (tertiary/aromatic N) is 1. The average molecular weight is 581 g/mol. The number of aliphatic hydroxyl groups is 1. The largest absolute Gasteiger partial charge is 0.504 e. The Labute approximate surface area is 230 Å². The van der Waals surface area contributed by atoms with Crippen LogP contribution in [0.25, 0.3) is 0 Å². The van der Waals surface area contributed by atoms with Crippen molar-refractivity contribution in [3.63, 3.8) is 0 Å². The van der Waals surface area contributed by atoms with Crippen LogP contribution in [-0.4, -0.2) is 59.2 Å². The van der Waals surface area contributed by atoms with Crippen LogP contribution in [0.15, 0.2) is 77.7 Å². The van der Waals surface area contributed by atoms with Gasteiger partial charge in [-0.2, -0.15) is 17.5 Å². The number of rotatable bonds is 11. The van der Waals surface area contributed by atoms with Crippen molar-refractivity contribution in [2.45, 2.75) is 43.5 Å². The lowest BCUT2D eigenvalue weighted by Gasteiger charge is -2.31. The van der Waals surface area contributed by atoms with Crippen LogP contribution in [0.4, 0.5) is 13.2 Å². The molecule has 3 aromatic carbocycles. The molecule has 0 radical (unpaired) electrons. The topological polar surface area (TPSA) is 127 Å². The van der Waals surface area contributed by atoms with Crippen LogP contribution in [0.3, 0.4) is 0 Å². The minimum Gasteiger partial charge on any atom is -0.504 e. The molecule has 0 saturated heterocycles. The van der Waals surface area contributed by atoms with Gasteiger partial charge in [-0.25, -0.2) is 8.42 Å². The molecular formula is C28H31F3N2O6S. The predicted molar refractivity (Wildman–Crippen MR) is 142 cm³/mol. The molecule has 40 heavy (non-hydrogen) atoms. The van der Waals surface area contributed by atoms with E-state index in [9.17, 15) is 41.7 Å². The first-order valence-electron chi connectivity index (χ1n) is 12.4. The van der Waals surface area contributed by atoms with Gasteiger partial charge in [-0.15, -0.1) is 0 Å². The minimum absolute atomic E-state index is 0.00280. The highest BCUT2D eigenvalue weighted by Crippen LogP contribution is 2.30. The summed E-state index contributed by atoms with van der Waals surface area (Å²) >= 11 is 0. The van der Waals surface area contributed by atoms with Crippen molar-refractivity contribution >= 4 is 15.9 Å². The quantitative estimate of drug-likeness (QED) is 0.252. The van der Waals surface area contributed by atoms with Gasteiger partial charge in [-0.05, 0) is 60.4 Å². The molecule has 0 spiro atoms. The summed E-state index contributed by atoms with van der Waals surface area (Å²) in [5, 5.41) is 33.2. The summed E-state index contributed by atoms with van der Waals surface area (Å²) < 4.78 is 66.9. The Morgan fingerprint density at radius 3 is 2.10 bits per heavy atom. The van der Waals surface area contributed by atoms with Gasteiger partial charge in [-0.1, -0.05) is 44.2 Å². The van der Waals surface area contributed by atoms with Crippen molar-refractivity contribution in [2.75, 3.05) is 13.1 Å². The molecule has 0 aromatic heterocycles. The third kappa shape index (κ3) is 7.96. The van der Waals surface area contributed by atoms with Gasteiger partial charge in [-0.3, -0.25) is 4.79 Å². The van der Waals surface area contributed by atoms with E-state index in [1.807, 2.05) is 0 Å². The molecular weight excluding hydrogens is 549 g/mol. The number of hydrogen-bond acceptors (Lipinski definition) is 6. The molecule has 0 bridgehead atoms. The van der Waals surface area contributed by atoms with E-state index in [1.54, 1.807) is 44.2 Å². The zero-order chi connectivity index (χ0) is 29.7. The standard InChI is InChI=1S/C28H31F3N2O6S/c1-18(2)16-33(40(38,39)22-11-9-21(10-12-22)28(29,30)31)17-26(36)23(14-19-6-4-3-5-7-19)32-27(37)20-8-13-24(34)25(35)15-20/h3-13,15,18,23,26,34-36H,14,16-17H2,1-2H3,(H,32,37)/t23-,26+/m0/s1. The summed E-state index contributed by atoms with van der Waals surface area (Å²) in [4.78, 5) is 12.6. The third-order valence-corrected chi connectivity index (χ3v) is 7.94. The molecule has 1 amide bonds. The average Bonchev–Trinajstić information content (AvgIpc) is 2.89. The summed E-state index contributed by atoms with van der Waals surface area (Å²) in [6, 6.07) is 14.4. The van der Waals surface area contributed by atoms with E-state index in [0.717, 1.165) is 34.1 Å². The third-order valence-electron chi connectivity index (χ3n) is 6.10. The van der Waals surface area contributed by atoms with Gasteiger partial charge in [0, 0.05) is 18.7 Å². The molecule has 0 aliphatic carbocycles. The van der Waals surface area contributed by atoms with E-state index >= 15 is 0 Å². The molecule has 12 heteroatoms. The molecule has 4 N–H and O–H groups in total. The van der Waals surface area contributed by atoms with Gasteiger partial charge in [0.1, 0.15) is 0 Å². The number of carbonyl (C=O) groups is 1. The smallest absolute Gasteiger partial charge is 0.416 e. The number of phenolic OH excluding ortho intramolecular Hbond substituents is 2. The molecule has 0 aliphatic rings. The first kappa shape index (κ1) is 30.9. The van der Waals surface area contributed by atoms with E-state index in [4.69, 9.17) is 0 Å². The highest BCUT2D eigenvalue weighted by molar-refractivity contribution is 7.89. The maximum absolute atomic E-state index is 13.5. The first-order chi connectivity index (χ1) is 18.7. The highest BCUT2D eigenvalue weighted by Gasteiger charge is 2.34. The van der Waals surface area contributed by atoms with Crippen molar-refractivity contribution in [1.29, 1.82) is 0 Å². The van der Waals surface area contributed by atoms with Crippen LogP contribution in [0.2, 0.25) is 0 Å². The Morgan fingerprint density at radius 1 is 0.925 bits per heavy atom. The van der Waals surface area contributed by atoms with E-state index in [0.29, 0.717) is 12.1 Å². The fourth-order valence-electron chi connectivity index (χ4n) is 4.05. The maximum atomic E-state index is 13.5. The Balaban J connectivity index is 1.90. The molecule has 2 atom stereocenters. The number of benzene rings is 3. The van der Waals surface area contributed by atoms with Crippen molar-refractivity contribution in [1.82, 2.24) is 9.62 Å². The zero-order valence-corrected chi connectivity index (χ0v) is 22.7. The Kier molecular flexibility index (Phi) is 9.82. The van der Waals surface area contributed by atoms with Gasteiger partial charge >= 0.3 is 6.18 Å². The number of aromatic hydroxyl groups is 2. The van der Waals surface area contributed by atoms with Crippen LogP contribution < -0.4 is 5.32 Å². The highest BCUT2D eigenvalue weighted by atomic mass is 32.2. The first-order valence-corrected chi connectivity index (χ1v) is 13.8. The Bertz CT molecular complexity index is 1400. The number of carbonyl (C=O) groups excluding carboxylic acids is 1. The molecule has 0 heterocycles. The van der Waals surface area contributed by atoms with Crippen LogP contribution >= 0.6 is 0 Å². The number of amides is 1. The van der Waals surface area contributed by atoms with E-state index < -0.39 is 57.9 Å². The SMILES string of the molecule is CC(C)CN(C[C@@H](O)[C@H](Cc1ccccc1)NC(=O)c1ccc(O)c(O)c1)S(=O)(=O)c1ccc(C(F)(F)F)cc1. The monoisotopic (exact) mass is 580 g/mol. The van der Waals surface area contributed by atoms with Crippen molar-refractivity contribution < 1.29 is 41.7 Å². The number of hydrogen-bond donors (Lipinski definition) is 4. The van der Waals surface area contributed by atoms with E-state index in [2.05, 4.69) is 5.32 Å². The molecule has 0 fully saturated rings. The summed E-state index contributed by atoms with van der Waals surface area (Å²) in [7, 11) is -4.32. The van der Waals surface area contributed by atoms with Crippen molar-refractivity contribution in [2.24, 2.45) is 5.92 Å². The number of nitrogens with one attached hydrogen (secondary N) is 1. The van der Waals surface area contributed by atoms with Gasteiger partial charge in [0.2, 0.25) is 10.0 Å². The maximum Gasteiger partial charge on any atom is 0.416 e. The number of halogens is 3. The van der Waals surface area contributed by atoms with Gasteiger partial charge in [0.05, 0.1) is 22.6 Å². The van der Waals surface area contributed by atoms with Crippen LogP contribution in [0, 0.1) is 5.92 Å². The lowest BCUT2D eigenvalue weighted by molar-refractivity contribution is -0.137. The molecule has 8 nitrogen and oxygen atoms in total. The normalized spacial score (nSPS) is 13.8. The zero-order valence-electron chi connectivity index (χ0n) is 21.8. The summed E-state index contributed by atoms with van der Waals surface area (Å²) in [5.41, 5.74) is -0.258. The Hall–Kier alpha value is -3.61. The van der Waals surface area contributed by atoms with E-state index in [-0.39, 0.29) is 29.3 Å². The number of alkyl halides is 3. The second kappa shape index (κ2) is 12.7. The van der Waals surface area contributed by atoms with Crippen molar-refractivity contribution in [3.8, 4) is 11.5 Å². The molecule has 3 aromatic rings. The van der Waals surface area contributed by atoms with Gasteiger partial charge in [0.25, 0.3) is 5.91 Å². The van der Waals surface area contributed by atoms with Crippen LogP contribution in [0.5, 0.6) is 11.5 Å². The van der Waals surface area contributed by atoms with Crippen LogP contribution in [-0.2, 0) is 22.6 Å². The predicted octanol–water partition coefficient (Wildman–Crippen LogP) is 4.17. The molecule has 0 aliphatic heterocycles. The molecule has 0 saturated carbocycles. The molecule has 3 rings (SSSR count). The van der Waals surface area contributed by atoms with E-state index in [1.165, 1.54) is 6.07 Å². The lowest BCUT2D eigenvalue weighted by atomic mass is 10.00. The van der Waals surface area contributed by atoms with Gasteiger partial charge in [0.15, 0.2) is 11.5 Å². The second-order valence-electron chi connectivity index (χ2n) is 9.78. The summed E-state index contributed by atoms with van der Waals surface area (Å²) in [6.45, 7) is 3.00. The number of aliphatic hydroxyl groups excluding tert-OH is 1. The minimum atomic E-state index is -4.63. The number of phenols is 2. The Morgan fingerprint density at radius 2 is 1.55 bits per heavy atom. The lowest BCUT2D eigenvalue weighted by Crippen LogP contribution is -2.51. The molecule has 216 valence electrons. The van der Waals surface area contributed by atoms with Crippen LogP contribution in [0.1, 0.15) is 35.3 Å². The number of sulfonamides is 1. The molecule has 0 unspecified atom stereocenters. The second-order valence-corrected chi connectivity index (χ2v) is 11.7.